The van der Waals surface area contributed by atoms with Crippen LogP contribution in [0.25, 0.3) is 10.9 Å². The van der Waals surface area contributed by atoms with Crippen LogP contribution in [-0.4, -0.2) is 11.1 Å². The summed E-state index contributed by atoms with van der Waals surface area (Å²) in [4.78, 5) is 0. The van der Waals surface area contributed by atoms with Gasteiger partial charge in [-0.1, -0.05) is 30.3 Å². The molecule has 2 aromatic carbocycles. The fourth-order valence-corrected chi connectivity index (χ4v) is 2.33. The molecule has 0 atom stereocenters. The van der Waals surface area contributed by atoms with E-state index in [1.807, 2.05) is 24.3 Å². The molecule has 0 aliphatic heterocycles. The Bertz CT molecular complexity index is 689. The van der Waals surface area contributed by atoms with Crippen LogP contribution in [0.4, 0.5) is 0 Å². The molecule has 0 spiro atoms. The fraction of sp³-hybridized carbons (Fsp3) is 0.176. The first-order valence-corrected chi connectivity index (χ1v) is 6.82. The smallest absolute Gasteiger partial charge is 0.121 e. The van der Waals surface area contributed by atoms with Gasteiger partial charge in [-0.25, -0.2) is 0 Å². The van der Waals surface area contributed by atoms with Gasteiger partial charge in [0.25, 0.3) is 0 Å². The van der Waals surface area contributed by atoms with Crippen molar-refractivity contribution in [3.8, 4) is 5.75 Å². The Hall–Kier alpha value is -2.26. The third-order valence-corrected chi connectivity index (χ3v) is 3.36. The van der Waals surface area contributed by atoms with Crippen molar-refractivity contribution in [3.63, 3.8) is 0 Å². The highest BCUT2D eigenvalue weighted by Gasteiger charge is 2.03. The van der Waals surface area contributed by atoms with Crippen molar-refractivity contribution < 1.29 is 4.74 Å². The van der Waals surface area contributed by atoms with Crippen molar-refractivity contribution in [2.75, 3.05) is 6.54 Å². The van der Waals surface area contributed by atoms with Crippen LogP contribution in [0.1, 0.15) is 5.56 Å². The molecule has 0 bridgehead atoms. The van der Waals surface area contributed by atoms with Crippen LogP contribution in [-0.2, 0) is 13.2 Å². The molecule has 3 rings (SSSR count). The monoisotopic (exact) mass is 266 g/mol. The van der Waals surface area contributed by atoms with Crippen LogP contribution in [0.2, 0.25) is 0 Å². The largest absolute Gasteiger partial charge is 0.489 e. The first-order valence-electron chi connectivity index (χ1n) is 6.82. The van der Waals surface area contributed by atoms with Gasteiger partial charge in [-0.15, -0.1) is 0 Å². The molecule has 0 saturated heterocycles. The van der Waals surface area contributed by atoms with Crippen molar-refractivity contribution in [3.05, 3.63) is 66.4 Å². The van der Waals surface area contributed by atoms with Crippen LogP contribution >= 0.6 is 0 Å². The lowest BCUT2D eigenvalue weighted by Gasteiger charge is -2.08. The lowest BCUT2D eigenvalue weighted by Crippen LogP contribution is -2.08. The predicted molar refractivity (Wildman–Crippen MR) is 81.8 cm³/mol. The van der Waals surface area contributed by atoms with E-state index in [-0.39, 0.29) is 0 Å². The van der Waals surface area contributed by atoms with E-state index in [2.05, 4.69) is 41.1 Å². The third kappa shape index (κ3) is 2.68. The first kappa shape index (κ1) is 12.8. The minimum Gasteiger partial charge on any atom is -0.489 e. The van der Waals surface area contributed by atoms with Gasteiger partial charge in [-0.2, -0.15) is 0 Å². The second-order valence-electron chi connectivity index (χ2n) is 4.79. The second-order valence-corrected chi connectivity index (χ2v) is 4.79. The number of hydrogen-bond donors (Lipinski definition) is 1. The SMILES string of the molecule is NCCn1ccc2ccc(OCc3ccccc3)cc21. The lowest BCUT2D eigenvalue weighted by atomic mass is 10.2. The zero-order chi connectivity index (χ0) is 13.8. The number of ether oxygens (including phenoxy) is 1. The van der Waals surface area contributed by atoms with E-state index in [1.54, 1.807) is 0 Å². The molecule has 1 heterocycles. The van der Waals surface area contributed by atoms with Crippen molar-refractivity contribution in [2.45, 2.75) is 13.2 Å². The molecule has 2 N–H and O–H groups in total. The molecule has 1 aromatic heterocycles. The molecule has 0 saturated carbocycles. The van der Waals surface area contributed by atoms with Gasteiger partial charge in [0.2, 0.25) is 0 Å². The van der Waals surface area contributed by atoms with Crippen LogP contribution < -0.4 is 10.5 Å². The minimum absolute atomic E-state index is 0.587. The van der Waals surface area contributed by atoms with Crippen molar-refractivity contribution >= 4 is 10.9 Å². The quantitative estimate of drug-likeness (QED) is 0.770. The first-order chi connectivity index (χ1) is 9.86. The average molecular weight is 266 g/mol. The molecule has 0 fully saturated rings. The lowest BCUT2D eigenvalue weighted by molar-refractivity contribution is 0.306. The van der Waals surface area contributed by atoms with Gasteiger partial charge in [-0.3, -0.25) is 0 Å². The maximum Gasteiger partial charge on any atom is 0.121 e. The van der Waals surface area contributed by atoms with Crippen molar-refractivity contribution in [1.29, 1.82) is 0 Å². The van der Waals surface area contributed by atoms with E-state index in [9.17, 15) is 0 Å². The van der Waals surface area contributed by atoms with E-state index in [0.29, 0.717) is 13.2 Å². The molecule has 20 heavy (non-hydrogen) atoms. The molecule has 0 unspecified atom stereocenters. The molecular weight excluding hydrogens is 248 g/mol. The van der Waals surface area contributed by atoms with E-state index in [1.165, 1.54) is 16.5 Å². The van der Waals surface area contributed by atoms with Gasteiger partial charge < -0.3 is 15.0 Å². The minimum atomic E-state index is 0.587. The summed E-state index contributed by atoms with van der Waals surface area (Å²) >= 11 is 0. The number of rotatable bonds is 5. The zero-order valence-electron chi connectivity index (χ0n) is 11.3. The Balaban J connectivity index is 1.79. The summed E-state index contributed by atoms with van der Waals surface area (Å²) in [7, 11) is 0. The molecule has 0 aliphatic rings. The summed E-state index contributed by atoms with van der Waals surface area (Å²) in [5.41, 5.74) is 7.97. The topological polar surface area (TPSA) is 40.2 Å². The van der Waals surface area contributed by atoms with Gasteiger partial charge in [0.05, 0.1) is 5.52 Å². The highest BCUT2D eigenvalue weighted by Crippen LogP contribution is 2.22. The molecular formula is C17H18N2O. The van der Waals surface area contributed by atoms with Gasteiger partial charge >= 0.3 is 0 Å². The van der Waals surface area contributed by atoms with Crippen LogP contribution in [0.3, 0.4) is 0 Å². The Kier molecular flexibility index (Phi) is 3.70. The standard InChI is InChI=1S/C17H18N2O/c18-9-11-19-10-8-15-6-7-16(12-17(15)19)20-13-14-4-2-1-3-5-14/h1-8,10,12H,9,11,13,18H2. The Morgan fingerprint density at radius 3 is 2.65 bits per heavy atom. The van der Waals surface area contributed by atoms with Gasteiger partial charge in [-0.05, 0) is 29.1 Å². The molecule has 102 valence electrons. The number of hydrogen-bond acceptors (Lipinski definition) is 2. The maximum absolute atomic E-state index is 5.86. The Morgan fingerprint density at radius 1 is 1.00 bits per heavy atom. The third-order valence-electron chi connectivity index (χ3n) is 3.36. The number of nitrogens with two attached hydrogens (primary N) is 1. The molecule has 3 aromatic rings. The van der Waals surface area contributed by atoms with Gasteiger partial charge in [0.15, 0.2) is 0 Å². The Labute approximate surface area is 118 Å². The second kappa shape index (κ2) is 5.80. The van der Waals surface area contributed by atoms with Gasteiger partial charge in [0, 0.05) is 25.4 Å². The Morgan fingerprint density at radius 2 is 1.85 bits per heavy atom. The summed E-state index contributed by atoms with van der Waals surface area (Å²) in [6, 6.07) is 18.5. The van der Waals surface area contributed by atoms with Crippen molar-refractivity contribution in [2.24, 2.45) is 5.73 Å². The summed E-state index contributed by atoms with van der Waals surface area (Å²) in [5.74, 6) is 0.887. The van der Waals surface area contributed by atoms with Crippen LogP contribution in [0.15, 0.2) is 60.8 Å². The highest BCUT2D eigenvalue weighted by molar-refractivity contribution is 5.81. The molecule has 0 amide bonds. The zero-order valence-corrected chi connectivity index (χ0v) is 11.3. The predicted octanol–water partition coefficient (Wildman–Crippen LogP) is 3.18. The number of nitrogens with zero attached hydrogens (tertiary/aromatic N) is 1. The summed E-state index contributed by atoms with van der Waals surface area (Å²) < 4.78 is 8.02. The summed E-state index contributed by atoms with van der Waals surface area (Å²) in [6.45, 7) is 2.05. The number of benzene rings is 2. The number of fused-ring (bicyclic) bond motifs is 1. The van der Waals surface area contributed by atoms with Crippen molar-refractivity contribution in [1.82, 2.24) is 4.57 Å². The van der Waals surface area contributed by atoms with E-state index >= 15 is 0 Å². The molecule has 3 nitrogen and oxygen atoms in total. The fourth-order valence-electron chi connectivity index (χ4n) is 2.33. The molecule has 0 aliphatic carbocycles. The van der Waals surface area contributed by atoms with Crippen LogP contribution in [0, 0.1) is 0 Å². The highest BCUT2D eigenvalue weighted by atomic mass is 16.5. The maximum atomic E-state index is 5.86. The summed E-state index contributed by atoms with van der Waals surface area (Å²) in [6.07, 6.45) is 2.07. The molecule has 0 radical (unpaired) electrons. The van der Waals surface area contributed by atoms with E-state index in [4.69, 9.17) is 10.5 Å². The van der Waals surface area contributed by atoms with E-state index < -0.39 is 0 Å². The van der Waals surface area contributed by atoms with E-state index in [0.717, 1.165) is 12.3 Å². The van der Waals surface area contributed by atoms with Crippen LogP contribution in [0.5, 0.6) is 5.75 Å². The number of aromatic nitrogens is 1. The molecule has 3 heteroatoms. The summed E-state index contributed by atoms with van der Waals surface area (Å²) in [5, 5.41) is 1.21. The average Bonchev–Trinajstić information content (AvgIpc) is 2.89. The normalized spacial score (nSPS) is 10.8. The van der Waals surface area contributed by atoms with Gasteiger partial charge in [0.1, 0.15) is 12.4 Å².